The zero-order chi connectivity index (χ0) is 14.9. The molecule has 2 heterocycles. The Balaban J connectivity index is 1.55. The molecule has 0 bridgehead atoms. The lowest BCUT2D eigenvalue weighted by Crippen LogP contribution is -2.20. The number of nitrogens with zero attached hydrogens (tertiary/aromatic N) is 3. The first kappa shape index (κ1) is 13.5. The van der Waals surface area contributed by atoms with E-state index in [1.807, 2.05) is 36.5 Å². The zero-order valence-corrected chi connectivity index (χ0v) is 12.8. The molecule has 1 aliphatic carbocycles. The van der Waals surface area contributed by atoms with Crippen LogP contribution in [0.25, 0.3) is 16.2 Å². The number of anilines is 1. The molecular weight excluding hydrogens is 296 g/mol. The normalized spacial score (nSPS) is 15.5. The van der Waals surface area contributed by atoms with Crippen molar-refractivity contribution >= 4 is 27.3 Å². The number of aromatic nitrogens is 3. The Bertz CT molecular complexity index is 771. The predicted molar refractivity (Wildman–Crippen MR) is 86.9 cm³/mol. The number of amides is 1. The van der Waals surface area contributed by atoms with Crippen LogP contribution in [-0.4, -0.2) is 20.5 Å². The van der Waals surface area contributed by atoms with Gasteiger partial charge in [0.2, 0.25) is 16.0 Å². The average Bonchev–Trinajstić information content (AvgIpc) is 3.23. The minimum Gasteiger partial charge on any atom is -0.300 e. The highest BCUT2D eigenvalue weighted by Crippen LogP contribution is 2.28. The first-order valence-corrected chi connectivity index (χ1v) is 8.34. The van der Waals surface area contributed by atoms with Crippen molar-refractivity contribution in [3.05, 3.63) is 36.5 Å². The summed E-state index contributed by atoms with van der Waals surface area (Å²) in [6, 6.07) is 10.0. The van der Waals surface area contributed by atoms with E-state index in [2.05, 4.69) is 15.4 Å². The largest absolute Gasteiger partial charge is 0.300 e. The van der Waals surface area contributed by atoms with Crippen LogP contribution in [-0.2, 0) is 4.79 Å². The van der Waals surface area contributed by atoms with Gasteiger partial charge >= 0.3 is 0 Å². The van der Waals surface area contributed by atoms with E-state index in [0.29, 0.717) is 5.13 Å². The van der Waals surface area contributed by atoms with Crippen LogP contribution >= 0.6 is 11.3 Å². The van der Waals surface area contributed by atoms with Gasteiger partial charge in [-0.3, -0.25) is 4.79 Å². The summed E-state index contributed by atoms with van der Waals surface area (Å²) in [6.07, 6.45) is 6.19. The highest BCUT2D eigenvalue weighted by Gasteiger charge is 2.23. The topological polar surface area (TPSA) is 59.3 Å². The molecule has 4 rings (SSSR count). The molecule has 1 saturated carbocycles. The van der Waals surface area contributed by atoms with Gasteiger partial charge < -0.3 is 5.32 Å². The molecule has 0 spiro atoms. The number of nitrogens with one attached hydrogen (secondary N) is 1. The van der Waals surface area contributed by atoms with Crippen molar-refractivity contribution in [2.45, 2.75) is 25.7 Å². The number of rotatable bonds is 3. The Morgan fingerprint density at radius 2 is 2.00 bits per heavy atom. The van der Waals surface area contributed by atoms with Crippen molar-refractivity contribution in [1.82, 2.24) is 14.6 Å². The molecule has 6 heteroatoms. The summed E-state index contributed by atoms with van der Waals surface area (Å²) in [6.45, 7) is 0. The van der Waals surface area contributed by atoms with Crippen LogP contribution in [0.1, 0.15) is 25.7 Å². The van der Waals surface area contributed by atoms with E-state index in [1.54, 1.807) is 4.52 Å². The van der Waals surface area contributed by atoms with Crippen LogP contribution in [0, 0.1) is 5.92 Å². The number of imidazole rings is 1. The summed E-state index contributed by atoms with van der Waals surface area (Å²) in [4.78, 5) is 17.5. The van der Waals surface area contributed by atoms with Crippen LogP contribution in [0.15, 0.2) is 36.5 Å². The van der Waals surface area contributed by atoms with E-state index in [-0.39, 0.29) is 11.8 Å². The molecule has 22 heavy (non-hydrogen) atoms. The Hall–Kier alpha value is -2.21. The van der Waals surface area contributed by atoms with Gasteiger partial charge in [0, 0.05) is 11.5 Å². The SMILES string of the molecule is O=C(Nc1nn2cc(-c3ccccc3)nc2s1)C1CCCC1. The summed E-state index contributed by atoms with van der Waals surface area (Å²) in [5, 5.41) is 7.96. The Labute approximate surface area is 132 Å². The number of hydrogen-bond acceptors (Lipinski definition) is 4. The number of carbonyl (C=O) groups is 1. The maximum atomic E-state index is 12.1. The Morgan fingerprint density at radius 3 is 2.73 bits per heavy atom. The van der Waals surface area contributed by atoms with Gasteiger partial charge in [-0.2, -0.15) is 0 Å². The van der Waals surface area contributed by atoms with Crippen molar-refractivity contribution in [3.63, 3.8) is 0 Å². The fourth-order valence-electron chi connectivity index (χ4n) is 2.89. The highest BCUT2D eigenvalue weighted by molar-refractivity contribution is 7.20. The molecule has 2 aromatic heterocycles. The number of benzene rings is 1. The molecule has 1 aromatic carbocycles. The van der Waals surface area contributed by atoms with Crippen LogP contribution < -0.4 is 5.32 Å². The van der Waals surface area contributed by atoms with Gasteiger partial charge in [0.25, 0.3) is 0 Å². The summed E-state index contributed by atoms with van der Waals surface area (Å²) in [5.74, 6) is 0.244. The summed E-state index contributed by atoms with van der Waals surface area (Å²) >= 11 is 1.41. The fraction of sp³-hybridized carbons (Fsp3) is 0.312. The molecule has 1 amide bonds. The van der Waals surface area contributed by atoms with Crippen LogP contribution in [0.4, 0.5) is 5.13 Å². The first-order valence-electron chi connectivity index (χ1n) is 7.52. The van der Waals surface area contributed by atoms with Gasteiger partial charge in [0.05, 0.1) is 11.9 Å². The Kier molecular flexibility index (Phi) is 3.38. The second-order valence-electron chi connectivity index (χ2n) is 5.60. The third-order valence-electron chi connectivity index (χ3n) is 4.07. The van der Waals surface area contributed by atoms with Gasteiger partial charge in [0.15, 0.2) is 0 Å². The summed E-state index contributed by atoms with van der Waals surface area (Å²) < 4.78 is 1.73. The van der Waals surface area contributed by atoms with E-state index < -0.39 is 0 Å². The molecular formula is C16H16N4OS. The maximum Gasteiger partial charge on any atom is 0.229 e. The number of fused-ring (bicyclic) bond motifs is 1. The van der Waals surface area contributed by atoms with Crippen molar-refractivity contribution in [1.29, 1.82) is 0 Å². The fourth-order valence-corrected chi connectivity index (χ4v) is 3.68. The second-order valence-corrected chi connectivity index (χ2v) is 6.55. The van der Waals surface area contributed by atoms with Crippen LogP contribution in [0.2, 0.25) is 0 Å². The second kappa shape index (κ2) is 5.53. The van der Waals surface area contributed by atoms with Gasteiger partial charge in [0.1, 0.15) is 0 Å². The monoisotopic (exact) mass is 312 g/mol. The molecule has 1 fully saturated rings. The number of hydrogen-bond donors (Lipinski definition) is 1. The van der Waals surface area contributed by atoms with E-state index >= 15 is 0 Å². The van der Waals surface area contributed by atoms with Gasteiger partial charge in [-0.15, -0.1) is 5.10 Å². The van der Waals surface area contributed by atoms with Crippen molar-refractivity contribution in [3.8, 4) is 11.3 Å². The van der Waals surface area contributed by atoms with Gasteiger partial charge in [-0.1, -0.05) is 54.5 Å². The van der Waals surface area contributed by atoms with Crippen molar-refractivity contribution < 1.29 is 4.79 Å². The molecule has 112 valence electrons. The van der Waals surface area contributed by atoms with E-state index in [0.717, 1.165) is 41.9 Å². The van der Waals surface area contributed by atoms with Crippen LogP contribution in [0.3, 0.4) is 0 Å². The minimum absolute atomic E-state index is 0.0952. The molecule has 5 nitrogen and oxygen atoms in total. The minimum atomic E-state index is 0.0952. The zero-order valence-electron chi connectivity index (χ0n) is 12.0. The summed E-state index contributed by atoms with van der Waals surface area (Å²) in [5.41, 5.74) is 1.96. The third kappa shape index (κ3) is 2.50. The third-order valence-corrected chi connectivity index (χ3v) is 4.91. The molecule has 1 aliphatic rings. The molecule has 0 radical (unpaired) electrons. The quantitative estimate of drug-likeness (QED) is 0.804. The average molecular weight is 312 g/mol. The molecule has 0 unspecified atom stereocenters. The van der Waals surface area contributed by atoms with E-state index in [4.69, 9.17) is 0 Å². The van der Waals surface area contributed by atoms with Gasteiger partial charge in [-0.25, -0.2) is 9.50 Å². The summed E-state index contributed by atoms with van der Waals surface area (Å²) in [7, 11) is 0. The molecule has 0 atom stereocenters. The molecule has 1 N–H and O–H groups in total. The molecule has 0 saturated heterocycles. The predicted octanol–water partition coefficient (Wildman–Crippen LogP) is 3.59. The first-order chi connectivity index (χ1) is 10.8. The standard InChI is InChI=1S/C16H16N4OS/c21-14(12-8-4-5-9-12)18-15-19-20-10-13(17-16(20)22-15)11-6-2-1-3-7-11/h1-3,6-7,10,12H,4-5,8-9H2,(H,18,19,21). The lowest BCUT2D eigenvalue weighted by Gasteiger charge is -2.06. The molecule has 0 aliphatic heterocycles. The van der Waals surface area contributed by atoms with Gasteiger partial charge in [-0.05, 0) is 12.8 Å². The van der Waals surface area contributed by atoms with Crippen molar-refractivity contribution in [2.24, 2.45) is 5.92 Å². The van der Waals surface area contributed by atoms with Crippen molar-refractivity contribution in [2.75, 3.05) is 5.32 Å². The lowest BCUT2D eigenvalue weighted by atomic mass is 10.1. The Morgan fingerprint density at radius 1 is 1.23 bits per heavy atom. The lowest BCUT2D eigenvalue weighted by molar-refractivity contribution is -0.119. The van der Waals surface area contributed by atoms with E-state index in [1.165, 1.54) is 11.3 Å². The molecule has 3 aromatic rings. The van der Waals surface area contributed by atoms with E-state index in [9.17, 15) is 4.79 Å². The maximum absolute atomic E-state index is 12.1. The van der Waals surface area contributed by atoms with Crippen LogP contribution in [0.5, 0.6) is 0 Å². The highest BCUT2D eigenvalue weighted by atomic mass is 32.1. The number of carbonyl (C=O) groups excluding carboxylic acids is 1. The smallest absolute Gasteiger partial charge is 0.229 e.